The number of carbonyl (C=O) groups excluding carboxylic acids is 1. The van der Waals surface area contributed by atoms with E-state index in [0.29, 0.717) is 25.1 Å². The van der Waals surface area contributed by atoms with Gasteiger partial charge in [-0.05, 0) is 37.0 Å². The number of rotatable bonds is 11. The maximum atomic E-state index is 12.3. The van der Waals surface area contributed by atoms with Crippen molar-refractivity contribution in [1.82, 2.24) is 10.2 Å². The molecule has 2 amide bonds. The van der Waals surface area contributed by atoms with E-state index in [2.05, 4.69) is 12.2 Å². The zero-order valence-corrected chi connectivity index (χ0v) is 16.6. The van der Waals surface area contributed by atoms with Crippen molar-refractivity contribution in [3.05, 3.63) is 35.4 Å². The van der Waals surface area contributed by atoms with Gasteiger partial charge in [-0.3, -0.25) is 4.79 Å². The lowest BCUT2D eigenvalue weighted by molar-refractivity contribution is 0.0935. The fourth-order valence-corrected chi connectivity index (χ4v) is 3.61. The van der Waals surface area contributed by atoms with Crippen molar-refractivity contribution >= 4 is 12.0 Å². The number of carbonyl (C=O) groups is 2. The van der Waals surface area contributed by atoms with Crippen LogP contribution >= 0.6 is 0 Å². The van der Waals surface area contributed by atoms with E-state index in [0.717, 1.165) is 6.42 Å². The molecule has 0 bridgehead atoms. The van der Waals surface area contributed by atoms with E-state index in [4.69, 9.17) is 5.11 Å². The molecule has 0 radical (unpaired) electrons. The Morgan fingerprint density at radius 2 is 1.67 bits per heavy atom. The van der Waals surface area contributed by atoms with Crippen LogP contribution in [0.2, 0.25) is 0 Å². The Morgan fingerprint density at radius 3 is 2.26 bits per heavy atom. The van der Waals surface area contributed by atoms with E-state index < -0.39 is 6.09 Å². The highest BCUT2D eigenvalue weighted by Crippen LogP contribution is 2.13. The molecule has 1 aliphatic rings. The third-order valence-electron chi connectivity index (χ3n) is 5.33. The van der Waals surface area contributed by atoms with Crippen LogP contribution in [0, 0.1) is 0 Å². The van der Waals surface area contributed by atoms with Gasteiger partial charge in [-0.15, -0.1) is 0 Å². The number of nitrogens with one attached hydrogen (secondary N) is 1. The Labute approximate surface area is 163 Å². The van der Waals surface area contributed by atoms with Crippen LogP contribution < -0.4 is 5.32 Å². The van der Waals surface area contributed by atoms with Crippen LogP contribution in [0.15, 0.2) is 24.3 Å². The monoisotopic (exact) mass is 374 g/mol. The van der Waals surface area contributed by atoms with Crippen LogP contribution in [0.1, 0.15) is 80.6 Å². The second kappa shape index (κ2) is 11.6. The fourth-order valence-electron chi connectivity index (χ4n) is 3.61. The van der Waals surface area contributed by atoms with E-state index in [1.807, 2.05) is 24.3 Å². The summed E-state index contributed by atoms with van der Waals surface area (Å²) in [5.74, 6) is -0.120. The van der Waals surface area contributed by atoms with Gasteiger partial charge >= 0.3 is 6.09 Å². The van der Waals surface area contributed by atoms with Crippen molar-refractivity contribution < 1.29 is 14.7 Å². The van der Waals surface area contributed by atoms with E-state index in [1.165, 1.54) is 61.8 Å². The Bertz CT molecular complexity index is 586. The second-order valence-corrected chi connectivity index (χ2v) is 7.61. The van der Waals surface area contributed by atoms with Gasteiger partial charge in [-0.25, -0.2) is 4.79 Å². The summed E-state index contributed by atoms with van der Waals surface area (Å²) < 4.78 is 0. The molecule has 2 rings (SSSR count). The number of carboxylic acid groups (broad SMARTS) is 1. The molecule has 1 aliphatic heterocycles. The highest BCUT2D eigenvalue weighted by atomic mass is 16.4. The van der Waals surface area contributed by atoms with Crippen LogP contribution in [-0.4, -0.2) is 41.1 Å². The first-order valence-electron chi connectivity index (χ1n) is 10.5. The molecule has 1 saturated heterocycles. The summed E-state index contributed by atoms with van der Waals surface area (Å²) in [4.78, 5) is 24.6. The number of amides is 2. The number of hydrogen-bond donors (Lipinski definition) is 2. The van der Waals surface area contributed by atoms with E-state index in [-0.39, 0.29) is 11.9 Å². The molecule has 2 N–H and O–H groups in total. The van der Waals surface area contributed by atoms with Gasteiger partial charge in [-0.2, -0.15) is 0 Å². The van der Waals surface area contributed by atoms with Gasteiger partial charge in [0.1, 0.15) is 0 Å². The molecule has 5 heteroatoms. The summed E-state index contributed by atoms with van der Waals surface area (Å²) in [6, 6.07) is 7.73. The molecule has 0 aliphatic carbocycles. The predicted molar refractivity (Wildman–Crippen MR) is 108 cm³/mol. The lowest BCUT2D eigenvalue weighted by atomic mass is 10.0. The molecule has 1 heterocycles. The number of likely N-dealkylation sites (tertiary alicyclic amines) is 1. The standard InChI is InChI=1S/C22H34N2O3/c1-2-3-4-5-6-7-8-9-10-18-11-13-19(14-12-18)21(25)23-20-15-16-24(17-20)22(26)27/h11-14,20H,2-10,15-17H2,1H3,(H,23,25)(H,26,27). The van der Waals surface area contributed by atoms with Crippen molar-refractivity contribution in [2.24, 2.45) is 0 Å². The molecular formula is C22H34N2O3. The van der Waals surface area contributed by atoms with Gasteiger partial charge in [0.05, 0.1) is 0 Å². The summed E-state index contributed by atoms with van der Waals surface area (Å²) in [6.07, 6.45) is 11.4. The Kier molecular flexibility index (Phi) is 9.16. The lowest BCUT2D eigenvalue weighted by Crippen LogP contribution is -2.38. The Hall–Kier alpha value is -2.04. The number of unbranched alkanes of at least 4 members (excludes halogenated alkanes) is 7. The van der Waals surface area contributed by atoms with Crippen molar-refractivity contribution in [3.63, 3.8) is 0 Å². The van der Waals surface area contributed by atoms with Crippen molar-refractivity contribution in [1.29, 1.82) is 0 Å². The largest absolute Gasteiger partial charge is 0.465 e. The molecular weight excluding hydrogens is 340 g/mol. The van der Waals surface area contributed by atoms with Gasteiger partial charge in [0.2, 0.25) is 0 Å². The van der Waals surface area contributed by atoms with E-state index in [1.54, 1.807) is 0 Å². The zero-order chi connectivity index (χ0) is 19.5. The molecule has 0 spiro atoms. The van der Waals surface area contributed by atoms with E-state index >= 15 is 0 Å². The molecule has 1 aromatic rings. The first-order chi connectivity index (χ1) is 13.1. The number of nitrogens with zero attached hydrogens (tertiary/aromatic N) is 1. The smallest absolute Gasteiger partial charge is 0.407 e. The molecule has 27 heavy (non-hydrogen) atoms. The zero-order valence-electron chi connectivity index (χ0n) is 16.6. The van der Waals surface area contributed by atoms with Gasteiger partial charge in [0, 0.05) is 24.7 Å². The Morgan fingerprint density at radius 1 is 1.04 bits per heavy atom. The van der Waals surface area contributed by atoms with Crippen molar-refractivity contribution in [3.8, 4) is 0 Å². The molecule has 1 atom stereocenters. The van der Waals surface area contributed by atoms with Gasteiger partial charge in [-0.1, -0.05) is 64.0 Å². The molecule has 1 fully saturated rings. The summed E-state index contributed by atoms with van der Waals surface area (Å²) in [7, 11) is 0. The van der Waals surface area contributed by atoms with Crippen molar-refractivity contribution in [2.75, 3.05) is 13.1 Å². The lowest BCUT2D eigenvalue weighted by Gasteiger charge is -2.14. The molecule has 150 valence electrons. The second-order valence-electron chi connectivity index (χ2n) is 7.61. The normalized spacial score (nSPS) is 16.5. The summed E-state index contributed by atoms with van der Waals surface area (Å²) in [5, 5.41) is 11.9. The quantitative estimate of drug-likeness (QED) is 0.544. The minimum Gasteiger partial charge on any atom is -0.465 e. The first kappa shape index (κ1) is 21.3. The predicted octanol–water partition coefficient (Wildman–Crippen LogP) is 4.85. The third-order valence-corrected chi connectivity index (χ3v) is 5.33. The average molecular weight is 375 g/mol. The summed E-state index contributed by atoms with van der Waals surface area (Å²) >= 11 is 0. The van der Waals surface area contributed by atoms with Gasteiger partial charge < -0.3 is 15.3 Å². The van der Waals surface area contributed by atoms with Crippen LogP contribution in [0.3, 0.4) is 0 Å². The van der Waals surface area contributed by atoms with E-state index in [9.17, 15) is 9.59 Å². The van der Waals surface area contributed by atoms with Gasteiger partial charge in [0.25, 0.3) is 5.91 Å². The van der Waals surface area contributed by atoms with Crippen LogP contribution in [0.5, 0.6) is 0 Å². The topological polar surface area (TPSA) is 69.6 Å². The molecule has 5 nitrogen and oxygen atoms in total. The maximum Gasteiger partial charge on any atom is 0.407 e. The van der Waals surface area contributed by atoms with Crippen LogP contribution in [0.25, 0.3) is 0 Å². The van der Waals surface area contributed by atoms with Gasteiger partial charge in [0.15, 0.2) is 0 Å². The van der Waals surface area contributed by atoms with Crippen LogP contribution in [-0.2, 0) is 6.42 Å². The minimum atomic E-state index is -0.919. The molecule has 1 aromatic carbocycles. The summed E-state index contributed by atoms with van der Waals surface area (Å²) in [6.45, 7) is 3.10. The molecule has 0 aromatic heterocycles. The highest BCUT2D eigenvalue weighted by Gasteiger charge is 2.27. The SMILES string of the molecule is CCCCCCCCCCc1ccc(C(=O)NC2CCN(C(=O)O)C2)cc1. The average Bonchev–Trinajstić information content (AvgIpc) is 3.13. The third kappa shape index (κ3) is 7.61. The molecule has 0 saturated carbocycles. The minimum absolute atomic E-state index is 0.0920. The maximum absolute atomic E-state index is 12.3. The van der Waals surface area contributed by atoms with Crippen LogP contribution in [0.4, 0.5) is 4.79 Å². The number of hydrogen-bond acceptors (Lipinski definition) is 2. The van der Waals surface area contributed by atoms with Crippen molar-refractivity contribution in [2.45, 2.75) is 77.2 Å². The highest BCUT2D eigenvalue weighted by molar-refractivity contribution is 5.94. The number of benzene rings is 1. The molecule has 1 unspecified atom stereocenters. The number of aryl methyl sites for hydroxylation is 1. The Balaban J connectivity index is 1.64. The summed E-state index contributed by atoms with van der Waals surface area (Å²) in [5.41, 5.74) is 1.92. The first-order valence-corrected chi connectivity index (χ1v) is 10.5. The fraction of sp³-hybridized carbons (Fsp3) is 0.636.